The van der Waals surface area contributed by atoms with Gasteiger partial charge in [0.05, 0.1) is 33.9 Å². The highest BCUT2D eigenvalue weighted by Gasteiger charge is 2.34. The van der Waals surface area contributed by atoms with Crippen molar-refractivity contribution in [3.05, 3.63) is 100 Å². The molecule has 6 nitrogen and oxygen atoms in total. The van der Waals surface area contributed by atoms with E-state index in [0.717, 1.165) is 18.1 Å². The zero-order chi connectivity index (χ0) is 26.7. The molecule has 0 bridgehead atoms. The number of anilines is 1. The molecule has 0 radical (unpaired) electrons. The van der Waals surface area contributed by atoms with Crippen LogP contribution in [-0.2, 0) is 12.6 Å². The van der Waals surface area contributed by atoms with Crippen LogP contribution in [-0.4, -0.2) is 27.0 Å². The Morgan fingerprint density at radius 1 is 1.00 bits per heavy atom. The minimum Gasteiger partial charge on any atom is -0.315 e. The Balaban J connectivity index is 1.79. The number of nitrogens with zero attached hydrogens (tertiary/aromatic N) is 3. The molecule has 0 spiro atoms. The summed E-state index contributed by atoms with van der Waals surface area (Å²) in [4.78, 5) is 32.9. The molecule has 1 aromatic heterocycles. The molecule has 3 aromatic carbocycles. The Morgan fingerprint density at radius 3 is 2.30 bits per heavy atom. The second-order valence-corrected chi connectivity index (χ2v) is 8.58. The highest BCUT2D eigenvalue weighted by atomic mass is 19.4. The van der Waals surface area contributed by atoms with E-state index < -0.39 is 23.8 Å². The number of para-hydroxylation sites is 2. The molecular weight excluding hydrogens is 481 g/mol. The van der Waals surface area contributed by atoms with E-state index in [1.807, 2.05) is 31.2 Å². The molecule has 1 unspecified atom stereocenters. The van der Waals surface area contributed by atoms with Crippen LogP contribution < -0.4 is 10.9 Å². The quantitative estimate of drug-likeness (QED) is 0.320. The maximum atomic E-state index is 13.6. The van der Waals surface area contributed by atoms with E-state index in [2.05, 4.69) is 5.32 Å². The minimum atomic E-state index is -4.63. The van der Waals surface area contributed by atoms with Gasteiger partial charge in [-0.2, -0.15) is 13.2 Å². The summed E-state index contributed by atoms with van der Waals surface area (Å²) in [5, 5.41) is 2.82. The fraction of sp³-hybridized carbons (Fsp3) is 0.250. The number of nitrogens with one attached hydrogen (secondary N) is 1. The van der Waals surface area contributed by atoms with Gasteiger partial charge in [-0.3, -0.25) is 9.36 Å². The van der Waals surface area contributed by atoms with Gasteiger partial charge >= 0.3 is 12.2 Å². The second-order valence-electron chi connectivity index (χ2n) is 8.58. The summed E-state index contributed by atoms with van der Waals surface area (Å²) < 4.78 is 41.9. The Kier molecular flexibility index (Phi) is 7.33. The van der Waals surface area contributed by atoms with E-state index in [4.69, 9.17) is 4.98 Å². The summed E-state index contributed by atoms with van der Waals surface area (Å²) in [7, 11) is 0. The SMILES string of the molecule is CCc1ccc(-n2c(C(C)N(CC)C(=O)Nc3ccccc3C(F)(F)F)nc3ccccc3c2=O)cc1. The first-order valence-corrected chi connectivity index (χ1v) is 12.0. The Labute approximate surface area is 212 Å². The van der Waals surface area contributed by atoms with Crippen LogP contribution >= 0.6 is 0 Å². The number of aryl methyl sites for hydroxylation is 1. The number of alkyl halides is 3. The third kappa shape index (κ3) is 5.21. The molecule has 0 aliphatic carbocycles. The summed E-state index contributed by atoms with van der Waals surface area (Å²) in [6, 6.07) is 17.7. The van der Waals surface area contributed by atoms with Gasteiger partial charge < -0.3 is 10.2 Å². The van der Waals surface area contributed by atoms with Crippen LogP contribution in [0.3, 0.4) is 0 Å². The van der Waals surface area contributed by atoms with Crippen molar-refractivity contribution in [2.75, 3.05) is 11.9 Å². The number of urea groups is 1. The number of halogens is 3. The third-order valence-electron chi connectivity index (χ3n) is 6.32. The summed E-state index contributed by atoms with van der Waals surface area (Å²) in [5.74, 6) is 0.300. The van der Waals surface area contributed by atoms with Gasteiger partial charge in [-0.1, -0.05) is 43.3 Å². The van der Waals surface area contributed by atoms with Gasteiger partial charge in [0, 0.05) is 6.54 Å². The summed E-state index contributed by atoms with van der Waals surface area (Å²) in [6.07, 6.45) is -3.80. The Bertz CT molecular complexity index is 1480. The first-order chi connectivity index (χ1) is 17.7. The third-order valence-corrected chi connectivity index (χ3v) is 6.32. The summed E-state index contributed by atoms with van der Waals surface area (Å²) in [6.45, 7) is 5.61. The van der Waals surface area contributed by atoms with Gasteiger partial charge in [0.1, 0.15) is 5.82 Å². The van der Waals surface area contributed by atoms with Gasteiger partial charge in [0.15, 0.2) is 0 Å². The predicted molar refractivity (Wildman–Crippen MR) is 138 cm³/mol. The standard InChI is InChI=1S/C28H27F3N4O2/c1-4-19-14-16-20(17-15-19)35-25(32-23-12-8-6-10-21(23)26(35)36)18(3)34(5-2)27(37)33-24-13-9-7-11-22(24)28(29,30)31/h6-18H,4-5H2,1-3H3,(H,33,37). The summed E-state index contributed by atoms with van der Waals surface area (Å²) >= 11 is 0. The average Bonchev–Trinajstić information content (AvgIpc) is 2.89. The first-order valence-electron chi connectivity index (χ1n) is 12.0. The molecule has 4 aromatic rings. The normalized spacial score (nSPS) is 12.4. The van der Waals surface area contributed by atoms with Gasteiger partial charge in [-0.15, -0.1) is 0 Å². The number of carbonyl (C=O) groups excluding carboxylic acids is 1. The number of benzene rings is 3. The lowest BCUT2D eigenvalue weighted by molar-refractivity contribution is -0.136. The molecule has 0 saturated heterocycles. The lowest BCUT2D eigenvalue weighted by Crippen LogP contribution is -2.40. The molecule has 37 heavy (non-hydrogen) atoms. The average molecular weight is 509 g/mol. The number of hydrogen-bond acceptors (Lipinski definition) is 3. The van der Waals surface area contributed by atoms with Crippen molar-refractivity contribution in [3.63, 3.8) is 0 Å². The second kappa shape index (κ2) is 10.5. The van der Waals surface area contributed by atoms with Crippen molar-refractivity contribution in [2.45, 2.75) is 39.4 Å². The molecule has 2 amide bonds. The molecule has 0 aliphatic heterocycles. The zero-order valence-corrected chi connectivity index (χ0v) is 20.7. The Morgan fingerprint density at radius 2 is 1.65 bits per heavy atom. The topological polar surface area (TPSA) is 67.2 Å². The number of amides is 2. The molecule has 0 fully saturated rings. The van der Waals surface area contributed by atoms with Gasteiger partial charge in [-0.25, -0.2) is 9.78 Å². The van der Waals surface area contributed by atoms with Crippen LogP contribution in [0.25, 0.3) is 16.6 Å². The van der Waals surface area contributed by atoms with Gasteiger partial charge in [-0.05, 0) is 62.2 Å². The number of carbonyl (C=O) groups is 1. The Hall–Kier alpha value is -4.14. The largest absolute Gasteiger partial charge is 0.418 e. The van der Waals surface area contributed by atoms with E-state index in [0.29, 0.717) is 22.4 Å². The lowest BCUT2D eigenvalue weighted by atomic mass is 10.1. The van der Waals surface area contributed by atoms with Crippen molar-refractivity contribution in [1.29, 1.82) is 0 Å². The molecule has 0 aliphatic rings. The van der Waals surface area contributed by atoms with Crippen molar-refractivity contribution in [2.24, 2.45) is 0 Å². The molecule has 4 rings (SSSR count). The minimum absolute atomic E-state index is 0.165. The van der Waals surface area contributed by atoms with E-state index in [9.17, 15) is 22.8 Å². The van der Waals surface area contributed by atoms with Crippen LogP contribution in [0.2, 0.25) is 0 Å². The van der Waals surface area contributed by atoms with Crippen LogP contribution in [0.1, 0.15) is 43.8 Å². The zero-order valence-electron chi connectivity index (χ0n) is 20.7. The number of fused-ring (bicyclic) bond motifs is 1. The maximum Gasteiger partial charge on any atom is 0.418 e. The number of aromatic nitrogens is 2. The highest BCUT2D eigenvalue weighted by molar-refractivity contribution is 5.90. The van der Waals surface area contributed by atoms with E-state index in [-0.39, 0.29) is 17.8 Å². The predicted octanol–water partition coefficient (Wildman–Crippen LogP) is 6.58. The molecule has 0 saturated carbocycles. The van der Waals surface area contributed by atoms with Crippen molar-refractivity contribution in [3.8, 4) is 5.69 Å². The highest BCUT2D eigenvalue weighted by Crippen LogP contribution is 2.35. The van der Waals surface area contributed by atoms with Crippen molar-refractivity contribution < 1.29 is 18.0 Å². The van der Waals surface area contributed by atoms with Crippen molar-refractivity contribution >= 4 is 22.6 Å². The molecule has 192 valence electrons. The van der Waals surface area contributed by atoms with E-state index in [1.165, 1.54) is 27.7 Å². The van der Waals surface area contributed by atoms with Gasteiger partial charge in [0.25, 0.3) is 5.56 Å². The fourth-order valence-electron chi connectivity index (χ4n) is 4.32. The molecule has 1 atom stereocenters. The van der Waals surface area contributed by atoms with Crippen LogP contribution in [0, 0.1) is 0 Å². The smallest absolute Gasteiger partial charge is 0.315 e. The van der Waals surface area contributed by atoms with Crippen molar-refractivity contribution in [1.82, 2.24) is 14.5 Å². The lowest BCUT2D eigenvalue weighted by Gasteiger charge is -2.30. The fourth-order valence-corrected chi connectivity index (χ4v) is 4.32. The molecule has 1 N–H and O–H groups in total. The van der Waals surface area contributed by atoms with Crippen LogP contribution in [0.4, 0.5) is 23.7 Å². The van der Waals surface area contributed by atoms with Crippen LogP contribution in [0.5, 0.6) is 0 Å². The monoisotopic (exact) mass is 508 g/mol. The molecule has 9 heteroatoms. The maximum absolute atomic E-state index is 13.6. The van der Waals surface area contributed by atoms with Gasteiger partial charge in [0.2, 0.25) is 0 Å². The number of hydrogen-bond donors (Lipinski definition) is 1. The van der Waals surface area contributed by atoms with E-state index in [1.54, 1.807) is 38.1 Å². The number of rotatable bonds is 6. The van der Waals surface area contributed by atoms with E-state index >= 15 is 0 Å². The summed E-state index contributed by atoms with van der Waals surface area (Å²) in [5.41, 5.74) is 0.568. The van der Waals surface area contributed by atoms with Crippen LogP contribution in [0.15, 0.2) is 77.6 Å². The molecule has 1 heterocycles. The molecular formula is C28H27F3N4O2. The first kappa shape index (κ1) is 25.9.